The van der Waals surface area contributed by atoms with E-state index in [9.17, 15) is 19.7 Å². The second-order valence-electron chi connectivity index (χ2n) is 7.04. The number of nitro benzene ring substituents is 1. The van der Waals surface area contributed by atoms with E-state index in [0.717, 1.165) is 11.1 Å². The number of aryl methyl sites for hydroxylation is 1. The van der Waals surface area contributed by atoms with Gasteiger partial charge in [-0.15, -0.1) is 0 Å². The third-order valence-electron chi connectivity index (χ3n) is 4.83. The number of Topliss-reactive ketones (excluding diaryl/α,β-unsaturated/α-hetero) is 1. The number of nitrogen functional groups attached to an aromatic ring is 1. The van der Waals surface area contributed by atoms with Crippen LogP contribution in [0.15, 0.2) is 66.9 Å². The van der Waals surface area contributed by atoms with Crippen molar-refractivity contribution in [2.75, 3.05) is 5.73 Å². The Labute approximate surface area is 179 Å². The van der Waals surface area contributed by atoms with Gasteiger partial charge >= 0.3 is 0 Å². The molecule has 2 aromatic carbocycles. The van der Waals surface area contributed by atoms with E-state index in [0.29, 0.717) is 29.9 Å². The summed E-state index contributed by atoms with van der Waals surface area (Å²) in [6.45, 7) is 0.350. The van der Waals surface area contributed by atoms with E-state index in [-0.39, 0.29) is 30.2 Å². The van der Waals surface area contributed by atoms with Crippen LogP contribution in [-0.2, 0) is 24.2 Å². The molecule has 0 saturated carbocycles. The molecule has 31 heavy (non-hydrogen) atoms. The Morgan fingerprint density at radius 2 is 1.68 bits per heavy atom. The van der Waals surface area contributed by atoms with Gasteiger partial charge in [-0.3, -0.25) is 19.7 Å². The zero-order valence-corrected chi connectivity index (χ0v) is 16.8. The number of nitrogens with zero attached hydrogens (tertiary/aromatic N) is 2. The summed E-state index contributed by atoms with van der Waals surface area (Å²) in [5.41, 5.74) is 8.81. The van der Waals surface area contributed by atoms with Crippen molar-refractivity contribution in [1.29, 1.82) is 0 Å². The third-order valence-corrected chi connectivity index (χ3v) is 4.83. The Morgan fingerprint density at radius 1 is 1.00 bits per heavy atom. The maximum atomic E-state index is 12.4. The Kier molecular flexibility index (Phi) is 7.05. The lowest BCUT2D eigenvalue weighted by molar-refractivity contribution is -0.384. The van der Waals surface area contributed by atoms with E-state index < -0.39 is 4.92 Å². The Morgan fingerprint density at radius 3 is 2.32 bits per heavy atom. The van der Waals surface area contributed by atoms with Crippen LogP contribution in [0.3, 0.4) is 0 Å². The predicted octanol–water partition coefficient (Wildman–Crippen LogP) is 3.25. The molecule has 3 aromatic rings. The van der Waals surface area contributed by atoms with Crippen molar-refractivity contribution in [2.45, 2.75) is 25.8 Å². The van der Waals surface area contributed by atoms with Gasteiger partial charge in [0.25, 0.3) is 5.69 Å². The van der Waals surface area contributed by atoms with E-state index in [1.54, 1.807) is 54.7 Å². The average Bonchev–Trinajstić information content (AvgIpc) is 2.78. The molecule has 3 rings (SSSR count). The largest absolute Gasteiger partial charge is 0.383 e. The zero-order valence-electron chi connectivity index (χ0n) is 16.8. The van der Waals surface area contributed by atoms with E-state index in [1.165, 1.54) is 12.1 Å². The molecular formula is C23H22N4O4. The molecular weight excluding hydrogens is 396 g/mol. The van der Waals surface area contributed by atoms with Gasteiger partial charge in [-0.05, 0) is 23.6 Å². The number of hydrogen-bond donors (Lipinski definition) is 2. The Balaban J connectivity index is 1.46. The number of pyridine rings is 1. The van der Waals surface area contributed by atoms with Crippen molar-refractivity contribution in [3.63, 3.8) is 0 Å². The van der Waals surface area contributed by atoms with Crippen LogP contribution in [0, 0.1) is 10.1 Å². The summed E-state index contributed by atoms with van der Waals surface area (Å²) in [5, 5.41) is 13.5. The number of nitrogens with two attached hydrogens (primary N) is 1. The fraction of sp³-hybridized carbons (Fsp3) is 0.174. The van der Waals surface area contributed by atoms with Crippen molar-refractivity contribution in [3.8, 4) is 0 Å². The van der Waals surface area contributed by atoms with Crippen molar-refractivity contribution in [3.05, 3.63) is 99.2 Å². The average molecular weight is 418 g/mol. The number of nitro groups is 1. The van der Waals surface area contributed by atoms with Crippen LogP contribution < -0.4 is 11.1 Å². The molecule has 0 atom stereocenters. The highest BCUT2D eigenvalue weighted by molar-refractivity contribution is 5.98. The molecule has 1 heterocycles. The molecule has 0 aliphatic heterocycles. The molecule has 1 aromatic heterocycles. The minimum absolute atomic E-state index is 0.0269. The third kappa shape index (κ3) is 6.20. The number of amides is 1. The maximum Gasteiger partial charge on any atom is 0.269 e. The van der Waals surface area contributed by atoms with Crippen LogP contribution in [0.4, 0.5) is 11.5 Å². The first-order valence-corrected chi connectivity index (χ1v) is 9.74. The minimum Gasteiger partial charge on any atom is -0.383 e. The number of non-ortho nitro benzene ring substituents is 1. The summed E-state index contributed by atoms with van der Waals surface area (Å²) in [6, 6.07) is 16.7. The van der Waals surface area contributed by atoms with Crippen molar-refractivity contribution in [1.82, 2.24) is 10.3 Å². The van der Waals surface area contributed by atoms with Gasteiger partial charge in [0.2, 0.25) is 5.91 Å². The van der Waals surface area contributed by atoms with Gasteiger partial charge in [-0.2, -0.15) is 0 Å². The number of hydrogen-bond acceptors (Lipinski definition) is 6. The van der Waals surface area contributed by atoms with Crippen LogP contribution in [0.25, 0.3) is 0 Å². The number of rotatable bonds is 9. The van der Waals surface area contributed by atoms with E-state index >= 15 is 0 Å². The maximum absolute atomic E-state index is 12.4. The molecule has 0 radical (unpaired) electrons. The number of benzene rings is 2. The number of aromatic nitrogens is 1. The fourth-order valence-electron chi connectivity index (χ4n) is 3.02. The normalized spacial score (nSPS) is 10.5. The van der Waals surface area contributed by atoms with Gasteiger partial charge in [0.15, 0.2) is 5.78 Å². The second-order valence-corrected chi connectivity index (χ2v) is 7.04. The summed E-state index contributed by atoms with van der Waals surface area (Å²) in [7, 11) is 0. The van der Waals surface area contributed by atoms with E-state index in [1.807, 2.05) is 0 Å². The summed E-state index contributed by atoms with van der Waals surface area (Å²) in [4.78, 5) is 38.7. The van der Waals surface area contributed by atoms with Crippen LogP contribution in [0.2, 0.25) is 0 Å². The summed E-state index contributed by atoms with van der Waals surface area (Å²) < 4.78 is 0. The topological polar surface area (TPSA) is 128 Å². The highest BCUT2D eigenvalue weighted by atomic mass is 16.6. The summed E-state index contributed by atoms with van der Waals surface area (Å²) >= 11 is 0. The molecule has 1 amide bonds. The molecule has 0 aliphatic rings. The van der Waals surface area contributed by atoms with Gasteiger partial charge in [0, 0.05) is 48.8 Å². The summed E-state index contributed by atoms with van der Waals surface area (Å²) in [5.74, 6) is 0.174. The first kappa shape index (κ1) is 21.6. The SMILES string of the molecule is Nc1ncccc1CC(=O)c1ccc(CNC(=O)CCc2ccc([N+](=O)[O-])cc2)cc1. The first-order valence-electron chi connectivity index (χ1n) is 9.74. The van der Waals surface area contributed by atoms with Gasteiger partial charge in [0.1, 0.15) is 5.82 Å². The number of anilines is 1. The smallest absolute Gasteiger partial charge is 0.269 e. The lowest BCUT2D eigenvalue weighted by Gasteiger charge is -2.07. The molecule has 0 unspecified atom stereocenters. The standard InChI is InChI=1S/C23H22N4O4/c24-23-19(2-1-13-25-23)14-21(28)18-8-3-17(4-9-18)15-26-22(29)12-7-16-5-10-20(11-6-16)27(30)31/h1-6,8-11,13H,7,12,14-15H2,(H2,24,25)(H,26,29). The quantitative estimate of drug-likeness (QED) is 0.312. The Hall–Kier alpha value is -4.07. The van der Waals surface area contributed by atoms with Crippen molar-refractivity contribution < 1.29 is 14.5 Å². The van der Waals surface area contributed by atoms with Crippen LogP contribution in [0.5, 0.6) is 0 Å². The van der Waals surface area contributed by atoms with Gasteiger partial charge in [0.05, 0.1) is 4.92 Å². The van der Waals surface area contributed by atoms with Crippen LogP contribution >= 0.6 is 0 Å². The molecule has 8 nitrogen and oxygen atoms in total. The lowest BCUT2D eigenvalue weighted by atomic mass is 10.0. The van der Waals surface area contributed by atoms with Crippen LogP contribution in [0.1, 0.15) is 33.5 Å². The summed E-state index contributed by atoms with van der Waals surface area (Å²) in [6.07, 6.45) is 2.53. The first-order chi connectivity index (χ1) is 14.9. The molecule has 0 bridgehead atoms. The van der Waals surface area contributed by atoms with Gasteiger partial charge in [-0.1, -0.05) is 42.5 Å². The van der Waals surface area contributed by atoms with Gasteiger partial charge < -0.3 is 11.1 Å². The van der Waals surface area contributed by atoms with Crippen LogP contribution in [-0.4, -0.2) is 21.6 Å². The lowest BCUT2D eigenvalue weighted by Crippen LogP contribution is -2.23. The Bertz CT molecular complexity index is 1080. The number of carbonyl (C=O) groups excluding carboxylic acids is 2. The monoisotopic (exact) mass is 418 g/mol. The molecule has 0 fully saturated rings. The predicted molar refractivity (Wildman–Crippen MR) is 116 cm³/mol. The highest BCUT2D eigenvalue weighted by Crippen LogP contribution is 2.14. The molecule has 0 aliphatic carbocycles. The van der Waals surface area contributed by atoms with E-state index in [2.05, 4.69) is 10.3 Å². The molecule has 158 valence electrons. The van der Waals surface area contributed by atoms with Gasteiger partial charge in [-0.25, -0.2) is 4.98 Å². The molecule has 3 N–H and O–H groups in total. The number of carbonyl (C=O) groups is 2. The number of nitrogens with one attached hydrogen (secondary N) is 1. The minimum atomic E-state index is -0.455. The second kappa shape index (κ2) is 10.1. The van der Waals surface area contributed by atoms with E-state index in [4.69, 9.17) is 5.73 Å². The molecule has 8 heteroatoms. The molecule has 0 spiro atoms. The molecule has 0 saturated heterocycles. The van der Waals surface area contributed by atoms with Crippen molar-refractivity contribution in [2.24, 2.45) is 0 Å². The zero-order chi connectivity index (χ0) is 22.2. The van der Waals surface area contributed by atoms with Crippen molar-refractivity contribution >= 4 is 23.2 Å². The number of ketones is 1. The highest BCUT2D eigenvalue weighted by Gasteiger charge is 2.10. The fourth-order valence-corrected chi connectivity index (χ4v) is 3.02.